The second-order valence-electron chi connectivity index (χ2n) is 4.68. The van der Waals surface area contributed by atoms with Gasteiger partial charge in [0.2, 0.25) is 5.91 Å². The second kappa shape index (κ2) is 6.91. The van der Waals surface area contributed by atoms with Gasteiger partial charge >= 0.3 is 0 Å². The third-order valence-electron chi connectivity index (χ3n) is 2.70. The molecule has 4 nitrogen and oxygen atoms in total. The van der Waals surface area contributed by atoms with Crippen molar-refractivity contribution in [2.45, 2.75) is 19.3 Å². The van der Waals surface area contributed by atoms with Gasteiger partial charge in [0.05, 0.1) is 0 Å². The van der Waals surface area contributed by atoms with E-state index in [1.54, 1.807) is 24.3 Å². The van der Waals surface area contributed by atoms with Crippen molar-refractivity contribution >= 4 is 11.7 Å². The van der Waals surface area contributed by atoms with Crippen molar-refractivity contribution in [1.82, 2.24) is 4.90 Å². The van der Waals surface area contributed by atoms with E-state index in [9.17, 15) is 9.59 Å². The molecule has 0 heterocycles. The number of Topliss-reactive ketones (excluding diaryl/α,β-unsaturated/α-hetero) is 1. The normalized spacial score (nSPS) is 10.6. The van der Waals surface area contributed by atoms with Crippen LogP contribution in [0.25, 0.3) is 0 Å². The average molecular weight is 248 g/mol. The Labute approximate surface area is 108 Å². The van der Waals surface area contributed by atoms with E-state index in [1.165, 1.54) is 0 Å². The highest BCUT2D eigenvalue weighted by atomic mass is 16.1. The Morgan fingerprint density at radius 3 is 2.28 bits per heavy atom. The zero-order valence-electron chi connectivity index (χ0n) is 11.0. The first-order valence-corrected chi connectivity index (χ1v) is 6.04. The van der Waals surface area contributed by atoms with E-state index in [0.29, 0.717) is 18.4 Å². The largest absolute Gasteiger partial charge is 0.366 e. The average Bonchev–Trinajstić information content (AvgIpc) is 2.29. The molecule has 0 aliphatic carbocycles. The molecule has 2 N–H and O–H groups in total. The quantitative estimate of drug-likeness (QED) is 0.789. The maximum Gasteiger partial charge on any atom is 0.248 e. The highest BCUT2D eigenvalue weighted by Gasteiger charge is 2.05. The predicted molar refractivity (Wildman–Crippen MR) is 71.5 cm³/mol. The van der Waals surface area contributed by atoms with Crippen molar-refractivity contribution in [3.8, 4) is 0 Å². The van der Waals surface area contributed by atoms with Gasteiger partial charge in [-0.25, -0.2) is 0 Å². The van der Waals surface area contributed by atoms with Crippen LogP contribution in [0.4, 0.5) is 0 Å². The standard InChI is InChI=1S/C14H20N2O2/c1-16(2)9-3-4-13(17)10-11-5-7-12(8-6-11)14(15)18/h5-8H,3-4,9-10H2,1-2H3,(H2,15,18). The Hall–Kier alpha value is -1.68. The van der Waals surface area contributed by atoms with Gasteiger partial charge < -0.3 is 10.6 Å². The van der Waals surface area contributed by atoms with Crippen LogP contribution in [0, 0.1) is 0 Å². The van der Waals surface area contributed by atoms with Crippen molar-refractivity contribution in [3.63, 3.8) is 0 Å². The summed E-state index contributed by atoms with van der Waals surface area (Å²) in [5.41, 5.74) is 6.55. The minimum atomic E-state index is -0.446. The molecule has 0 spiro atoms. The Morgan fingerprint density at radius 1 is 1.17 bits per heavy atom. The third kappa shape index (κ3) is 5.10. The molecule has 4 heteroatoms. The van der Waals surface area contributed by atoms with Gasteiger partial charge in [0.25, 0.3) is 0 Å². The smallest absolute Gasteiger partial charge is 0.248 e. The Bertz CT molecular complexity index is 410. The zero-order valence-corrected chi connectivity index (χ0v) is 11.0. The summed E-state index contributed by atoms with van der Waals surface area (Å²) < 4.78 is 0. The van der Waals surface area contributed by atoms with E-state index < -0.39 is 5.91 Å². The molecule has 1 aromatic carbocycles. The van der Waals surface area contributed by atoms with Crippen molar-refractivity contribution < 1.29 is 9.59 Å². The van der Waals surface area contributed by atoms with Crippen LogP contribution in [0.15, 0.2) is 24.3 Å². The van der Waals surface area contributed by atoms with Crippen LogP contribution in [0.1, 0.15) is 28.8 Å². The molecule has 0 saturated carbocycles. The van der Waals surface area contributed by atoms with Gasteiger partial charge in [0.1, 0.15) is 5.78 Å². The van der Waals surface area contributed by atoms with Crippen LogP contribution < -0.4 is 5.73 Å². The Balaban J connectivity index is 2.42. The lowest BCUT2D eigenvalue weighted by atomic mass is 10.0. The molecule has 0 aliphatic rings. The van der Waals surface area contributed by atoms with Crippen LogP contribution in [0.2, 0.25) is 0 Å². The van der Waals surface area contributed by atoms with Gasteiger partial charge in [0.15, 0.2) is 0 Å². The van der Waals surface area contributed by atoms with Gasteiger partial charge in [-0.3, -0.25) is 9.59 Å². The summed E-state index contributed by atoms with van der Waals surface area (Å²) in [5.74, 6) is -0.220. The van der Waals surface area contributed by atoms with Crippen LogP contribution in [0.3, 0.4) is 0 Å². The maximum atomic E-state index is 11.7. The minimum absolute atomic E-state index is 0.226. The third-order valence-corrected chi connectivity index (χ3v) is 2.70. The second-order valence-corrected chi connectivity index (χ2v) is 4.68. The fourth-order valence-corrected chi connectivity index (χ4v) is 1.70. The minimum Gasteiger partial charge on any atom is -0.366 e. The first kappa shape index (κ1) is 14.4. The summed E-state index contributed by atoms with van der Waals surface area (Å²) in [6, 6.07) is 6.88. The van der Waals surface area contributed by atoms with Crippen molar-refractivity contribution in [3.05, 3.63) is 35.4 Å². The number of hydrogen-bond acceptors (Lipinski definition) is 3. The molecule has 18 heavy (non-hydrogen) atoms. The number of nitrogens with two attached hydrogens (primary N) is 1. The lowest BCUT2D eigenvalue weighted by molar-refractivity contribution is -0.118. The number of carbonyl (C=O) groups is 2. The molecule has 1 rings (SSSR count). The lowest BCUT2D eigenvalue weighted by Crippen LogP contribution is -2.15. The molecule has 0 radical (unpaired) electrons. The first-order valence-electron chi connectivity index (χ1n) is 6.04. The molecule has 0 unspecified atom stereocenters. The SMILES string of the molecule is CN(C)CCCC(=O)Cc1ccc(C(N)=O)cc1. The summed E-state index contributed by atoms with van der Waals surface area (Å²) in [4.78, 5) is 24.7. The molecule has 1 aromatic rings. The van der Waals surface area contributed by atoms with E-state index in [4.69, 9.17) is 5.73 Å². The number of amides is 1. The monoisotopic (exact) mass is 248 g/mol. The number of carbonyl (C=O) groups excluding carboxylic acids is 2. The predicted octanol–water partition coefficient (Wildman–Crippen LogP) is 1.24. The summed E-state index contributed by atoms with van der Waals surface area (Å²) in [6.45, 7) is 0.923. The summed E-state index contributed by atoms with van der Waals surface area (Å²) in [6.07, 6.45) is 1.90. The van der Waals surface area contributed by atoms with Gasteiger partial charge in [-0.2, -0.15) is 0 Å². The van der Waals surface area contributed by atoms with E-state index >= 15 is 0 Å². The van der Waals surface area contributed by atoms with Gasteiger partial charge in [0, 0.05) is 18.4 Å². The van der Waals surface area contributed by atoms with Gasteiger partial charge in [-0.15, -0.1) is 0 Å². The maximum absolute atomic E-state index is 11.7. The molecule has 0 bridgehead atoms. The fraction of sp³-hybridized carbons (Fsp3) is 0.429. The van der Waals surface area contributed by atoms with E-state index in [0.717, 1.165) is 18.5 Å². The number of rotatable bonds is 7. The van der Waals surface area contributed by atoms with Crippen molar-refractivity contribution in [2.24, 2.45) is 5.73 Å². The summed E-state index contributed by atoms with van der Waals surface area (Å²) in [7, 11) is 3.99. The van der Waals surface area contributed by atoms with E-state index in [2.05, 4.69) is 4.90 Å². The molecule has 0 aliphatic heterocycles. The number of hydrogen-bond donors (Lipinski definition) is 1. The zero-order chi connectivity index (χ0) is 13.5. The summed E-state index contributed by atoms with van der Waals surface area (Å²) in [5, 5.41) is 0. The molecule has 98 valence electrons. The van der Waals surface area contributed by atoms with Crippen molar-refractivity contribution in [2.75, 3.05) is 20.6 Å². The number of primary amides is 1. The van der Waals surface area contributed by atoms with Crippen LogP contribution in [0.5, 0.6) is 0 Å². The van der Waals surface area contributed by atoms with Gasteiger partial charge in [-0.1, -0.05) is 12.1 Å². The molecule has 0 aromatic heterocycles. The Kier molecular flexibility index (Phi) is 5.52. The molecule has 1 amide bonds. The van der Waals surface area contributed by atoms with Crippen LogP contribution in [-0.4, -0.2) is 37.2 Å². The number of benzene rings is 1. The molecular weight excluding hydrogens is 228 g/mol. The molecular formula is C14H20N2O2. The molecule has 0 atom stereocenters. The highest BCUT2D eigenvalue weighted by molar-refractivity contribution is 5.92. The lowest BCUT2D eigenvalue weighted by Gasteiger charge is -2.08. The Morgan fingerprint density at radius 2 is 1.78 bits per heavy atom. The highest BCUT2D eigenvalue weighted by Crippen LogP contribution is 2.07. The van der Waals surface area contributed by atoms with Crippen LogP contribution in [-0.2, 0) is 11.2 Å². The van der Waals surface area contributed by atoms with Gasteiger partial charge in [-0.05, 0) is 44.8 Å². The number of nitrogens with zero attached hydrogens (tertiary/aromatic N) is 1. The topological polar surface area (TPSA) is 63.4 Å². The van der Waals surface area contributed by atoms with E-state index in [-0.39, 0.29) is 5.78 Å². The van der Waals surface area contributed by atoms with Crippen LogP contribution >= 0.6 is 0 Å². The first-order chi connectivity index (χ1) is 8.49. The summed E-state index contributed by atoms with van der Waals surface area (Å²) >= 11 is 0. The fourth-order valence-electron chi connectivity index (χ4n) is 1.70. The molecule has 0 fully saturated rings. The molecule has 0 saturated heterocycles. The number of ketones is 1. The van der Waals surface area contributed by atoms with Crippen molar-refractivity contribution in [1.29, 1.82) is 0 Å². The van der Waals surface area contributed by atoms with E-state index in [1.807, 2.05) is 14.1 Å².